The van der Waals surface area contributed by atoms with Crippen LogP contribution in [0.4, 0.5) is 0 Å². The zero-order valence-electron chi connectivity index (χ0n) is 17.8. The number of hydrogen-bond donors (Lipinski definition) is 3. The fraction of sp³-hybridized carbons (Fsp3) is 0.850. The van der Waals surface area contributed by atoms with Crippen LogP contribution in [0.5, 0.6) is 0 Å². The Labute approximate surface area is 168 Å². The maximum Gasteiger partial charge on any atom is 0.345 e. The van der Waals surface area contributed by atoms with E-state index in [1.807, 2.05) is 11.5 Å². The lowest BCUT2D eigenvalue weighted by Crippen LogP contribution is -2.39. The first-order valence-electron chi connectivity index (χ1n) is 10.9. The van der Waals surface area contributed by atoms with Crippen molar-refractivity contribution in [2.45, 2.75) is 78.8 Å². The van der Waals surface area contributed by atoms with Crippen molar-refractivity contribution < 1.29 is 5.11 Å². The Bertz CT molecular complexity index is 675. The predicted molar refractivity (Wildman–Crippen MR) is 113 cm³/mol. The third-order valence-corrected chi connectivity index (χ3v) is 5.93. The van der Waals surface area contributed by atoms with E-state index >= 15 is 0 Å². The van der Waals surface area contributed by atoms with Gasteiger partial charge in [0.2, 0.25) is 0 Å². The van der Waals surface area contributed by atoms with Gasteiger partial charge in [0.05, 0.1) is 0 Å². The summed E-state index contributed by atoms with van der Waals surface area (Å²) in [5.41, 5.74) is 0.0786. The molecule has 1 aliphatic heterocycles. The van der Waals surface area contributed by atoms with E-state index in [0.29, 0.717) is 13.1 Å². The lowest BCUT2D eigenvalue weighted by molar-refractivity contribution is 0.175. The molecule has 0 fully saturated rings. The van der Waals surface area contributed by atoms with Gasteiger partial charge in [-0.2, -0.15) is 5.10 Å². The third-order valence-electron chi connectivity index (χ3n) is 5.93. The zero-order chi connectivity index (χ0) is 20.4. The van der Waals surface area contributed by atoms with Gasteiger partial charge in [-0.05, 0) is 50.9 Å². The maximum atomic E-state index is 12.4. The van der Waals surface area contributed by atoms with Crippen molar-refractivity contribution in [1.82, 2.24) is 25.0 Å². The van der Waals surface area contributed by atoms with Gasteiger partial charge in [0.25, 0.3) is 0 Å². The van der Waals surface area contributed by atoms with Crippen LogP contribution in [0.1, 0.15) is 65.1 Å². The fourth-order valence-corrected chi connectivity index (χ4v) is 3.76. The van der Waals surface area contributed by atoms with E-state index in [0.717, 1.165) is 76.4 Å². The summed E-state index contributed by atoms with van der Waals surface area (Å²) in [4.78, 5) is 17.1. The number of aliphatic hydroxyl groups is 1. The van der Waals surface area contributed by atoms with Gasteiger partial charge in [-0.3, -0.25) is 9.56 Å². The molecule has 0 saturated carbocycles. The first kappa shape index (κ1) is 22.5. The second-order valence-electron chi connectivity index (χ2n) is 7.69. The van der Waals surface area contributed by atoms with E-state index < -0.39 is 0 Å². The Morgan fingerprint density at radius 1 is 1.25 bits per heavy atom. The lowest BCUT2D eigenvalue weighted by atomic mass is 9.79. The number of aliphatic imine (C=N–C) groups is 1. The molecule has 0 amide bonds. The molecule has 0 aliphatic carbocycles. The van der Waals surface area contributed by atoms with Crippen molar-refractivity contribution in [3.8, 4) is 0 Å². The van der Waals surface area contributed by atoms with Crippen molar-refractivity contribution in [2.24, 2.45) is 10.4 Å². The molecular formula is C20H38N6O2. The van der Waals surface area contributed by atoms with Crippen LogP contribution in [-0.4, -0.2) is 51.7 Å². The molecule has 1 aromatic rings. The number of aliphatic hydroxyl groups excluding tert-OH is 1. The van der Waals surface area contributed by atoms with E-state index in [-0.39, 0.29) is 17.7 Å². The third kappa shape index (κ3) is 5.83. The van der Waals surface area contributed by atoms with Gasteiger partial charge in [-0.15, -0.1) is 0 Å². The van der Waals surface area contributed by atoms with E-state index in [9.17, 15) is 9.90 Å². The molecule has 8 heteroatoms. The fourth-order valence-electron chi connectivity index (χ4n) is 3.76. The Morgan fingerprint density at radius 2 is 2.04 bits per heavy atom. The number of aromatic nitrogens is 3. The average Bonchev–Trinajstić information content (AvgIpc) is 3.04. The number of rotatable bonds is 11. The standard InChI is InChI=1S/C20H38N6O2/c1-4-20(5-2,11-15-27)16-23-18(21-6-3)22-12-9-14-26-19(28)25-13-8-7-10-17(25)24-26/h27H,4-16H2,1-3H3,(H2,21,22,23). The molecule has 0 radical (unpaired) electrons. The van der Waals surface area contributed by atoms with Gasteiger partial charge in [-0.1, -0.05) is 13.8 Å². The molecule has 0 unspecified atom stereocenters. The molecule has 8 nitrogen and oxygen atoms in total. The second-order valence-corrected chi connectivity index (χ2v) is 7.69. The summed E-state index contributed by atoms with van der Waals surface area (Å²) in [6.45, 7) is 10.2. The SMILES string of the molecule is CCNC(=NCC(CC)(CC)CCO)NCCCn1nc2n(c1=O)CCCC2. The van der Waals surface area contributed by atoms with E-state index in [4.69, 9.17) is 4.99 Å². The molecular weight excluding hydrogens is 356 g/mol. The minimum atomic E-state index is 0.0231. The molecule has 160 valence electrons. The van der Waals surface area contributed by atoms with E-state index in [2.05, 4.69) is 29.6 Å². The highest BCUT2D eigenvalue weighted by Gasteiger charge is 2.25. The van der Waals surface area contributed by atoms with Crippen LogP contribution in [0.15, 0.2) is 9.79 Å². The van der Waals surface area contributed by atoms with Gasteiger partial charge in [0, 0.05) is 45.8 Å². The Morgan fingerprint density at radius 3 is 2.68 bits per heavy atom. The molecule has 2 rings (SSSR count). The van der Waals surface area contributed by atoms with Gasteiger partial charge in [-0.25, -0.2) is 9.48 Å². The van der Waals surface area contributed by atoms with Crippen molar-refractivity contribution in [1.29, 1.82) is 0 Å². The smallest absolute Gasteiger partial charge is 0.345 e. The van der Waals surface area contributed by atoms with Gasteiger partial charge in [0.1, 0.15) is 5.82 Å². The first-order valence-corrected chi connectivity index (χ1v) is 10.9. The zero-order valence-corrected chi connectivity index (χ0v) is 17.8. The molecule has 0 saturated heterocycles. The quantitative estimate of drug-likeness (QED) is 0.300. The van der Waals surface area contributed by atoms with Gasteiger partial charge >= 0.3 is 5.69 Å². The summed E-state index contributed by atoms with van der Waals surface area (Å²) in [5, 5.41) is 20.5. The summed E-state index contributed by atoms with van der Waals surface area (Å²) in [6, 6.07) is 0. The molecule has 1 aromatic heterocycles. The summed E-state index contributed by atoms with van der Waals surface area (Å²) in [5.74, 6) is 1.72. The molecule has 3 N–H and O–H groups in total. The molecule has 28 heavy (non-hydrogen) atoms. The number of fused-ring (bicyclic) bond motifs is 1. The molecule has 2 heterocycles. The molecule has 0 atom stereocenters. The topological polar surface area (TPSA) is 96.5 Å². The van der Waals surface area contributed by atoms with Crippen molar-refractivity contribution in [3.63, 3.8) is 0 Å². The van der Waals surface area contributed by atoms with Gasteiger partial charge < -0.3 is 15.7 Å². The second kappa shape index (κ2) is 11.2. The predicted octanol–water partition coefficient (Wildman–Crippen LogP) is 1.52. The molecule has 0 aromatic carbocycles. The van der Waals surface area contributed by atoms with Crippen LogP contribution in [0.2, 0.25) is 0 Å². The summed E-state index contributed by atoms with van der Waals surface area (Å²) in [7, 11) is 0. The monoisotopic (exact) mass is 394 g/mol. The number of nitrogens with one attached hydrogen (secondary N) is 2. The highest BCUT2D eigenvalue weighted by molar-refractivity contribution is 5.79. The van der Waals surface area contributed by atoms with Crippen LogP contribution in [0.25, 0.3) is 0 Å². The van der Waals surface area contributed by atoms with Crippen molar-refractivity contribution >= 4 is 5.96 Å². The number of nitrogens with zero attached hydrogens (tertiary/aromatic N) is 4. The van der Waals surface area contributed by atoms with Crippen LogP contribution in [0.3, 0.4) is 0 Å². The van der Waals surface area contributed by atoms with Crippen molar-refractivity contribution in [3.05, 3.63) is 16.3 Å². The van der Waals surface area contributed by atoms with Crippen LogP contribution in [0, 0.1) is 5.41 Å². The summed E-state index contributed by atoms with van der Waals surface area (Å²) < 4.78 is 3.42. The molecule has 0 bridgehead atoms. The molecule has 0 spiro atoms. The number of hydrogen-bond acceptors (Lipinski definition) is 4. The number of guanidine groups is 1. The molecule has 1 aliphatic rings. The van der Waals surface area contributed by atoms with Crippen LogP contribution in [-0.2, 0) is 19.5 Å². The van der Waals surface area contributed by atoms with E-state index in [1.165, 1.54) is 0 Å². The number of aryl methyl sites for hydroxylation is 2. The van der Waals surface area contributed by atoms with E-state index in [1.54, 1.807) is 4.68 Å². The highest BCUT2D eigenvalue weighted by Crippen LogP contribution is 2.30. The Balaban J connectivity index is 1.87. The lowest BCUT2D eigenvalue weighted by Gasteiger charge is -2.29. The van der Waals surface area contributed by atoms with Gasteiger partial charge in [0.15, 0.2) is 5.96 Å². The van der Waals surface area contributed by atoms with Crippen LogP contribution < -0.4 is 16.3 Å². The highest BCUT2D eigenvalue weighted by atomic mass is 16.3. The Kier molecular flexibility index (Phi) is 9.02. The maximum absolute atomic E-state index is 12.4. The average molecular weight is 395 g/mol. The minimum Gasteiger partial charge on any atom is -0.396 e. The first-order chi connectivity index (χ1) is 13.6. The normalized spacial score (nSPS) is 14.8. The Hall–Kier alpha value is -1.83. The summed E-state index contributed by atoms with van der Waals surface area (Å²) in [6.07, 6.45) is 6.68. The summed E-state index contributed by atoms with van der Waals surface area (Å²) >= 11 is 0. The minimum absolute atomic E-state index is 0.0231. The van der Waals surface area contributed by atoms with Crippen molar-refractivity contribution in [2.75, 3.05) is 26.2 Å². The van der Waals surface area contributed by atoms with Crippen LogP contribution >= 0.6 is 0 Å². The largest absolute Gasteiger partial charge is 0.396 e.